The third-order valence-electron chi connectivity index (χ3n) is 2.29. The van der Waals surface area contributed by atoms with Gasteiger partial charge in [0.2, 0.25) is 5.91 Å². The Hall–Kier alpha value is -1.55. The minimum atomic E-state index is -0.108. The molecule has 0 saturated heterocycles. The second-order valence-corrected chi connectivity index (χ2v) is 3.71. The molecule has 0 bridgehead atoms. The van der Waals surface area contributed by atoms with Gasteiger partial charge in [-0.3, -0.25) is 9.80 Å². The molecular formula is C12H18N2O2. The van der Waals surface area contributed by atoms with Gasteiger partial charge in [-0.25, -0.2) is 5.84 Å². The number of nitrogens with two attached hydrogens (primary N) is 1. The average Bonchev–Trinajstić information content (AvgIpc) is 2.22. The second-order valence-electron chi connectivity index (χ2n) is 3.71. The van der Waals surface area contributed by atoms with Crippen LogP contribution in [0.15, 0.2) is 18.2 Å². The maximum Gasteiger partial charge on any atom is 0.240 e. The van der Waals surface area contributed by atoms with Gasteiger partial charge in [-0.05, 0) is 31.0 Å². The highest BCUT2D eigenvalue weighted by Crippen LogP contribution is 2.19. The van der Waals surface area contributed by atoms with Crippen molar-refractivity contribution in [1.29, 1.82) is 0 Å². The van der Waals surface area contributed by atoms with Crippen LogP contribution in [0.1, 0.15) is 18.1 Å². The minimum Gasteiger partial charge on any atom is -0.494 e. The lowest BCUT2D eigenvalue weighted by Gasteiger charge is -2.11. The molecule has 0 saturated carbocycles. The molecule has 0 aliphatic rings. The summed E-state index contributed by atoms with van der Waals surface area (Å²) in [5.41, 5.74) is 1.98. The summed E-state index contributed by atoms with van der Waals surface area (Å²) < 4.78 is 5.42. The summed E-state index contributed by atoms with van der Waals surface area (Å²) in [5, 5.41) is 1.10. The van der Waals surface area contributed by atoms with Crippen LogP contribution in [0.4, 0.5) is 0 Å². The van der Waals surface area contributed by atoms with Gasteiger partial charge in [0.15, 0.2) is 0 Å². The first-order chi connectivity index (χ1) is 7.54. The number of ether oxygens (including phenoxy) is 1. The van der Waals surface area contributed by atoms with Gasteiger partial charge in [0.05, 0.1) is 13.0 Å². The van der Waals surface area contributed by atoms with E-state index in [1.54, 1.807) is 7.05 Å². The molecule has 0 unspecified atom stereocenters. The predicted octanol–water partition coefficient (Wildman–Crippen LogP) is 1.27. The summed E-state index contributed by atoms with van der Waals surface area (Å²) in [6, 6.07) is 5.73. The molecule has 0 aromatic heterocycles. The molecule has 1 aromatic rings. The van der Waals surface area contributed by atoms with Crippen molar-refractivity contribution in [3.05, 3.63) is 29.3 Å². The van der Waals surface area contributed by atoms with Crippen LogP contribution < -0.4 is 10.6 Å². The fraction of sp³-hybridized carbons (Fsp3) is 0.417. The summed E-state index contributed by atoms with van der Waals surface area (Å²) in [7, 11) is 1.55. The maximum atomic E-state index is 11.4. The molecule has 0 fully saturated rings. The highest BCUT2D eigenvalue weighted by Gasteiger charge is 2.07. The molecule has 1 rings (SSSR count). The van der Waals surface area contributed by atoms with Crippen LogP contribution in [0.3, 0.4) is 0 Å². The Morgan fingerprint density at radius 1 is 1.50 bits per heavy atom. The van der Waals surface area contributed by atoms with Crippen LogP contribution in [-0.4, -0.2) is 24.6 Å². The zero-order valence-corrected chi connectivity index (χ0v) is 9.99. The van der Waals surface area contributed by atoms with Gasteiger partial charge < -0.3 is 4.74 Å². The molecule has 0 spiro atoms. The van der Waals surface area contributed by atoms with E-state index in [1.807, 2.05) is 32.0 Å². The van der Waals surface area contributed by atoms with E-state index in [4.69, 9.17) is 10.6 Å². The first-order valence-corrected chi connectivity index (χ1v) is 5.28. The van der Waals surface area contributed by atoms with Crippen LogP contribution >= 0.6 is 0 Å². The van der Waals surface area contributed by atoms with E-state index in [0.29, 0.717) is 13.0 Å². The second kappa shape index (κ2) is 5.51. The SMILES string of the molecule is CCOc1ccc(CC(=O)N(C)N)cc1C. The number of nitrogens with zero attached hydrogens (tertiary/aromatic N) is 1. The Balaban J connectivity index is 2.77. The van der Waals surface area contributed by atoms with Crippen molar-refractivity contribution in [2.45, 2.75) is 20.3 Å². The van der Waals surface area contributed by atoms with E-state index in [2.05, 4.69) is 0 Å². The molecule has 16 heavy (non-hydrogen) atoms. The van der Waals surface area contributed by atoms with E-state index in [1.165, 1.54) is 0 Å². The van der Waals surface area contributed by atoms with Crippen molar-refractivity contribution in [1.82, 2.24) is 5.01 Å². The molecule has 0 aliphatic heterocycles. The number of hydrazine groups is 1. The number of aryl methyl sites for hydroxylation is 1. The van der Waals surface area contributed by atoms with Gasteiger partial charge in [0, 0.05) is 7.05 Å². The first kappa shape index (κ1) is 12.5. The summed E-state index contributed by atoms with van der Waals surface area (Å²) >= 11 is 0. The Kier molecular flexibility index (Phi) is 4.31. The molecule has 4 heteroatoms. The van der Waals surface area contributed by atoms with Gasteiger partial charge >= 0.3 is 0 Å². The van der Waals surface area contributed by atoms with Gasteiger partial charge in [0.1, 0.15) is 5.75 Å². The van der Waals surface area contributed by atoms with Crippen LogP contribution in [0.2, 0.25) is 0 Å². The largest absolute Gasteiger partial charge is 0.494 e. The molecule has 2 N–H and O–H groups in total. The summed E-state index contributed by atoms with van der Waals surface area (Å²) in [5.74, 6) is 6.11. The number of likely N-dealkylation sites (N-methyl/N-ethyl adjacent to an activating group) is 1. The summed E-state index contributed by atoms with van der Waals surface area (Å²) in [4.78, 5) is 11.4. The van der Waals surface area contributed by atoms with Gasteiger partial charge in [-0.15, -0.1) is 0 Å². The molecule has 0 radical (unpaired) electrons. The zero-order chi connectivity index (χ0) is 12.1. The average molecular weight is 222 g/mol. The van der Waals surface area contributed by atoms with Crippen molar-refractivity contribution < 1.29 is 9.53 Å². The number of rotatable bonds is 4. The van der Waals surface area contributed by atoms with Crippen molar-refractivity contribution in [2.24, 2.45) is 5.84 Å². The van der Waals surface area contributed by atoms with Gasteiger partial charge in [-0.2, -0.15) is 0 Å². The van der Waals surface area contributed by atoms with Crippen LogP contribution in [-0.2, 0) is 11.2 Å². The Morgan fingerprint density at radius 2 is 2.19 bits per heavy atom. The quantitative estimate of drug-likeness (QED) is 0.474. The molecule has 0 atom stereocenters. The lowest BCUT2D eigenvalue weighted by Crippen LogP contribution is -2.34. The zero-order valence-electron chi connectivity index (χ0n) is 9.99. The fourth-order valence-electron chi connectivity index (χ4n) is 1.44. The lowest BCUT2D eigenvalue weighted by atomic mass is 10.1. The molecule has 1 amide bonds. The normalized spacial score (nSPS) is 10.0. The number of benzene rings is 1. The van der Waals surface area contributed by atoms with Gasteiger partial charge in [0.25, 0.3) is 0 Å². The van der Waals surface area contributed by atoms with Crippen molar-refractivity contribution in [3.63, 3.8) is 0 Å². The molecule has 4 nitrogen and oxygen atoms in total. The highest BCUT2D eigenvalue weighted by molar-refractivity contribution is 5.78. The molecule has 0 heterocycles. The number of hydrogen-bond donors (Lipinski definition) is 1. The fourth-order valence-corrected chi connectivity index (χ4v) is 1.44. The Labute approximate surface area is 96.0 Å². The molecular weight excluding hydrogens is 204 g/mol. The van der Waals surface area contributed by atoms with Crippen LogP contribution in [0.25, 0.3) is 0 Å². The Morgan fingerprint density at radius 3 is 2.69 bits per heavy atom. The third kappa shape index (κ3) is 3.24. The van der Waals surface area contributed by atoms with E-state index < -0.39 is 0 Å². The number of amides is 1. The molecule has 0 aliphatic carbocycles. The summed E-state index contributed by atoms with van der Waals surface area (Å²) in [6.07, 6.45) is 0.320. The summed E-state index contributed by atoms with van der Waals surface area (Å²) in [6.45, 7) is 4.55. The number of carbonyl (C=O) groups excluding carboxylic acids is 1. The minimum absolute atomic E-state index is 0.108. The molecule has 88 valence electrons. The maximum absolute atomic E-state index is 11.4. The van der Waals surface area contributed by atoms with Crippen molar-refractivity contribution >= 4 is 5.91 Å². The van der Waals surface area contributed by atoms with Crippen LogP contribution in [0, 0.1) is 6.92 Å². The number of hydrogen-bond acceptors (Lipinski definition) is 3. The lowest BCUT2D eigenvalue weighted by molar-refractivity contribution is -0.129. The van der Waals surface area contributed by atoms with Crippen molar-refractivity contribution in [3.8, 4) is 5.75 Å². The Bertz CT molecular complexity index is 375. The van der Waals surface area contributed by atoms with E-state index >= 15 is 0 Å². The van der Waals surface area contributed by atoms with Crippen LogP contribution in [0.5, 0.6) is 5.75 Å². The monoisotopic (exact) mass is 222 g/mol. The number of carbonyl (C=O) groups is 1. The third-order valence-corrected chi connectivity index (χ3v) is 2.29. The standard InChI is InChI=1S/C12H18N2O2/c1-4-16-11-6-5-10(7-9(11)2)8-12(15)14(3)13/h5-7H,4,8,13H2,1-3H3. The van der Waals surface area contributed by atoms with E-state index in [9.17, 15) is 4.79 Å². The smallest absolute Gasteiger partial charge is 0.240 e. The predicted molar refractivity (Wildman–Crippen MR) is 63.0 cm³/mol. The molecule has 1 aromatic carbocycles. The topological polar surface area (TPSA) is 55.6 Å². The van der Waals surface area contributed by atoms with Gasteiger partial charge in [-0.1, -0.05) is 12.1 Å². The van der Waals surface area contributed by atoms with E-state index in [0.717, 1.165) is 21.9 Å². The first-order valence-electron chi connectivity index (χ1n) is 5.28. The highest BCUT2D eigenvalue weighted by atomic mass is 16.5. The van der Waals surface area contributed by atoms with E-state index in [-0.39, 0.29) is 5.91 Å². The van der Waals surface area contributed by atoms with Crippen molar-refractivity contribution in [2.75, 3.05) is 13.7 Å².